The van der Waals surface area contributed by atoms with Crippen LogP contribution in [0.5, 0.6) is 5.75 Å². The van der Waals surface area contributed by atoms with E-state index in [9.17, 15) is 4.79 Å². The van der Waals surface area contributed by atoms with Crippen LogP contribution in [0.2, 0.25) is 0 Å². The van der Waals surface area contributed by atoms with Gasteiger partial charge >= 0.3 is 0 Å². The van der Waals surface area contributed by atoms with Crippen LogP contribution < -0.4 is 10.1 Å². The van der Waals surface area contributed by atoms with E-state index in [1.807, 2.05) is 11.1 Å². The zero-order valence-electron chi connectivity index (χ0n) is 16.1. The lowest BCUT2D eigenvalue weighted by molar-refractivity contribution is -0.134. The van der Waals surface area contributed by atoms with Gasteiger partial charge in [0, 0.05) is 25.2 Å². The number of nitrogens with one attached hydrogen (secondary N) is 1. The summed E-state index contributed by atoms with van der Waals surface area (Å²) in [5, 5.41) is 7.68. The third kappa shape index (κ3) is 4.95. The van der Waals surface area contributed by atoms with Crippen LogP contribution in [0.1, 0.15) is 44.7 Å². The van der Waals surface area contributed by atoms with Crippen LogP contribution in [0.25, 0.3) is 0 Å². The number of hydrazine groups is 1. The van der Waals surface area contributed by atoms with E-state index in [0.29, 0.717) is 12.1 Å². The third-order valence-electron chi connectivity index (χ3n) is 5.25. The van der Waals surface area contributed by atoms with Crippen molar-refractivity contribution in [3.8, 4) is 5.75 Å². The molecule has 0 saturated carbocycles. The van der Waals surface area contributed by atoms with Gasteiger partial charge in [-0.15, -0.1) is 0 Å². The van der Waals surface area contributed by atoms with Crippen LogP contribution in [0, 0.1) is 0 Å². The smallest absolute Gasteiger partial charge is 0.224 e. The Morgan fingerprint density at radius 2 is 2.08 bits per heavy atom. The van der Waals surface area contributed by atoms with Gasteiger partial charge in [-0.2, -0.15) is 0 Å². The highest BCUT2D eigenvalue weighted by atomic mass is 16.5. The van der Waals surface area contributed by atoms with Gasteiger partial charge < -0.3 is 10.1 Å². The van der Waals surface area contributed by atoms with Gasteiger partial charge in [-0.25, -0.2) is 5.01 Å². The van der Waals surface area contributed by atoms with Gasteiger partial charge in [0.25, 0.3) is 0 Å². The van der Waals surface area contributed by atoms with E-state index in [4.69, 9.17) is 4.74 Å². The van der Waals surface area contributed by atoms with Crippen molar-refractivity contribution in [1.29, 1.82) is 0 Å². The van der Waals surface area contributed by atoms with Gasteiger partial charge in [0.1, 0.15) is 5.75 Å². The average Bonchev–Trinajstić information content (AvgIpc) is 2.66. The molecule has 0 aromatic heterocycles. The zero-order chi connectivity index (χ0) is 18.2. The maximum Gasteiger partial charge on any atom is 0.224 e. The lowest BCUT2D eigenvalue weighted by Crippen LogP contribution is -2.51. The number of rotatable bonds is 10. The maximum atomic E-state index is 11.5. The standard InChI is InChI=1S/C20H33N3O2/c1-5-17(14-23(15-24)22(6-2)7-3)21-18-12-11-16-9-8-10-20(25-4)19(16)13-18/h8-10,15,17-18,21H,5-7,11-14H2,1-4H3. The summed E-state index contributed by atoms with van der Waals surface area (Å²) in [6.07, 6.45) is 5.15. The Hall–Kier alpha value is -1.59. The number of aryl methyl sites for hydroxylation is 1. The molecule has 25 heavy (non-hydrogen) atoms. The number of hydrogen-bond acceptors (Lipinski definition) is 4. The predicted molar refractivity (Wildman–Crippen MR) is 102 cm³/mol. The molecule has 1 N–H and O–H groups in total. The van der Waals surface area contributed by atoms with Crippen molar-refractivity contribution in [3.05, 3.63) is 29.3 Å². The molecule has 2 rings (SSSR count). The predicted octanol–water partition coefficient (Wildman–Crippen LogP) is 2.64. The normalized spacial score (nSPS) is 17.9. The Morgan fingerprint density at radius 3 is 2.68 bits per heavy atom. The van der Waals surface area contributed by atoms with Crippen LogP contribution >= 0.6 is 0 Å². The minimum atomic E-state index is 0.298. The molecule has 1 amide bonds. The van der Waals surface area contributed by atoms with Crippen LogP contribution in [0.3, 0.4) is 0 Å². The number of ether oxygens (including phenoxy) is 1. The molecule has 1 aliphatic rings. The van der Waals surface area contributed by atoms with Crippen molar-refractivity contribution in [3.63, 3.8) is 0 Å². The summed E-state index contributed by atoms with van der Waals surface area (Å²) in [5.74, 6) is 0.995. The van der Waals surface area contributed by atoms with Gasteiger partial charge in [0.2, 0.25) is 6.41 Å². The molecule has 0 radical (unpaired) electrons. The fourth-order valence-electron chi connectivity index (χ4n) is 3.76. The number of carbonyl (C=O) groups excluding carboxylic acids is 1. The first-order valence-corrected chi connectivity index (χ1v) is 9.54. The van der Waals surface area contributed by atoms with Gasteiger partial charge in [-0.1, -0.05) is 32.9 Å². The van der Waals surface area contributed by atoms with Crippen LogP contribution in [-0.2, 0) is 17.6 Å². The van der Waals surface area contributed by atoms with E-state index in [1.165, 1.54) is 11.1 Å². The monoisotopic (exact) mass is 347 g/mol. The Balaban J connectivity index is 2.01. The van der Waals surface area contributed by atoms with E-state index >= 15 is 0 Å². The average molecular weight is 348 g/mol. The molecule has 0 bridgehead atoms. The molecule has 5 heteroatoms. The second-order valence-electron chi connectivity index (χ2n) is 6.68. The van der Waals surface area contributed by atoms with Gasteiger partial charge in [0.05, 0.1) is 13.7 Å². The van der Waals surface area contributed by atoms with Crippen molar-refractivity contribution in [2.45, 2.75) is 58.5 Å². The summed E-state index contributed by atoms with van der Waals surface area (Å²) in [7, 11) is 1.74. The number of nitrogens with zero attached hydrogens (tertiary/aromatic N) is 2. The molecule has 2 unspecified atom stereocenters. The number of carbonyl (C=O) groups is 1. The van der Waals surface area contributed by atoms with Crippen LogP contribution in [-0.4, -0.2) is 55.3 Å². The van der Waals surface area contributed by atoms with Gasteiger partial charge in [-0.3, -0.25) is 9.80 Å². The Kier molecular flexibility index (Phi) is 7.72. The SMILES string of the molecule is CCC(CN(C=O)N(CC)CC)NC1CCc2cccc(OC)c2C1. The summed E-state index contributed by atoms with van der Waals surface area (Å²) >= 11 is 0. The first-order valence-electron chi connectivity index (χ1n) is 9.54. The summed E-state index contributed by atoms with van der Waals surface area (Å²) in [5.41, 5.74) is 2.74. The van der Waals surface area contributed by atoms with E-state index in [0.717, 1.165) is 57.5 Å². The minimum absolute atomic E-state index is 0.298. The molecule has 1 aromatic rings. The first-order chi connectivity index (χ1) is 12.2. The lowest BCUT2D eigenvalue weighted by Gasteiger charge is -2.35. The molecule has 5 nitrogen and oxygen atoms in total. The van der Waals surface area contributed by atoms with Crippen molar-refractivity contribution in [2.24, 2.45) is 0 Å². The highest BCUT2D eigenvalue weighted by molar-refractivity contribution is 5.46. The molecule has 1 aromatic carbocycles. The fourth-order valence-corrected chi connectivity index (χ4v) is 3.76. The lowest BCUT2D eigenvalue weighted by atomic mass is 9.87. The summed E-state index contributed by atoms with van der Waals surface area (Å²) in [6.45, 7) is 8.76. The second kappa shape index (κ2) is 9.78. The molecule has 1 aliphatic carbocycles. The molecule has 140 valence electrons. The van der Waals surface area contributed by atoms with E-state index in [2.05, 4.69) is 43.2 Å². The molecule has 0 saturated heterocycles. The van der Waals surface area contributed by atoms with Crippen molar-refractivity contribution < 1.29 is 9.53 Å². The minimum Gasteiger partial charge on any atom is -0.496 e. The number of amides is 1. The summed E-state index contributed by atoms with van der Waals surface area (Å²) in [6, 6.07) is 7.06. The van der Waals surface area contributed by atoms with Crippen molar-refractivity contribution in [1.82, 2.24) is 15.3 Å². The fraction of sp³-hybridized carbons (Fsp3) is 0.650. The Labute approximate surface area is 152 Å². The van der Waals surface area contributed by atoms with Gasteiger partial charge in [0.15, 0.2) is 0 Å². The summed E-state index contributed by atoms with van der Waals surface area (Å²) in [4.78, 5) is 11.5. The molecule has 0 aliphatic heterocycles. The Bertz CT molecular complexity index is 531. The second-order valence-corrected chi connectivity index (χ2v) is 6.68. The van der Waals surface area contributed by atoms with Crippen molar-refractivity contribution in [2.75, 3.05) is 26.7 Å². The number of fused-ring (bicyclic) bond motifs is 1. The summed E-state index contributed by atoms with van der Waals surface area (Å²) < 4.78 is 5.55. The van der Waals surface area contributed by atoms with E-state index in [-0.39, 0.29) is 0 Å². The topological polar surface area (TPSA) is 44.8 Å². The molecule has 0 spiro atoms. The highest BCUT2D eigenvalue weighted by Gasteiger charge is 2.24. The van der Waals surface area contributed by atoms with Gasteiger partial charge in [-0.05, 0) is 42.9 Å². The van der Waals surface area contributed by atoms with E-state index < -0.39 is 0 Å². The van der Waals surface area contributed by atoms with Crippen LogP contribution in [0.15, 0.2) is 18.2 Å². The number of methoxy groups -OCH3 is 1. The first kappa shape index (κ1) is 19.7. The molecule has 0 heterocycles. The molecule has 2 atom stereocenters. The van der Waals surface area contributed by atoms with Crippen molar-refractivity contribution >= 4 is 6.41 Å². The highest BCUT2D eigenvalue weighted by Crippen LogP contribution is 2.29. The zero-order valence-corrected chi connectivity index (χ0v) is 16.1. The quantitative estimate of drug-likeness (QED) is 0.522. The largest absolute Gasteiger partial charge is 0.496 e. The number of benzene rings is 1. The van der Waals surface area contributed by atoms with E-state index in [1.54, 1.807) is 7.11 Å². The Morgan fingerprint density at radius 1 is 1.32 bits per heavy atom. The maximum absolute atomic E-state index is 11.5. The van der Waals surface area contributed by atoms with Crippen LogP contribution in [0.4, 0.5) is 0 Å². The third-order valence-corrected chi connectivity index (χ3v) is 5.25. The molecular weight excluding hydrogens is 314 g/mol. The molecular formula is C20H33N3O2. The number of hydrogen-bond donors (Lipinski definition) is 1. The molecule has 0 fully saturated rings.